The number of hydrogen-bond acceptors (Lipinski definition) is 3. The second-order valence-electron chi connectivity index (χ2n) is 5.05. The molecule has 2 N–H and O–H groups in total. The van der Waals surface area contributed by atoms with Crippen LogP contribution in [0.3, 0.4) is 0 Å². The van der Waals surface area contributed by atoms with Crippen molar-refractivity contribution in [3.63, 3.8) is 0 Å². The fourth-order valence-electron chi connectivity index (χ4n) is 2.57. The van der Waals surface area contributed by atoms with Crippen LogP contribution in [0.15, 0.2) is 42.5 Å². The Kier molecular flexibility index (Phi) is 3.58. The van der Waals surface area contributed by atoms with Crippen molar-refractivity contribution in [2.24, 2.45) is 5.73 Å². The first-order chi connectivity index (χ1) is 10.2. The summed E-state index contributed by atoms with van der Waals surface area (Å²) < 4.78 is 5.24. The van der Waals surface area contributed by atoms with Crippen molar-refractivity contribution in [2.45, 2.75) is 6.04 Å². The highest BCUT2D eigenvalue weighted by Crippen LogP contribution is 2.18. The molecule has 1 atom stereocenters. The summed E-state index contributed by atoms with van der Waals surface area (Å²) in [7, 11) is 0. The predicted molar refractivity (Wildman–Crippen MR) is 78.8 cm³/mol. The molecule has 0 unspecified atom stereocenters. The first kappa shape index (κ1) is 13.6. The Morgan fingerprint density at radius 1 is 1.14 bits per heavy atom. The third kappa shape index (κ3) is 2.60. The van der Waals surface area contributed by atoms with Crippen LogP contribution in [0.25, 0.3) is 10.8 Å². The first-order valence-electron chi connectivity index (χ1n) is 6.83. The van der Waals surface area contributed by atoms with Gasteiger partial charge in [0.25, 0.3) is 5.91 Å². The minimum Gasteiger partial charge on any atom is -0.377 e. The molecule has 5 nitrogen and oxygen atoms in total. The van der Waals surface area contributed by atoms with E-state index in [1.54, 1.807) is 6.07 Å². The van der Waals surface area contributed by atoms with E-state index < -0.39 is 11.9 Å². The second kappa shape index (κ2) is 5.54. The molecule has 1 saturated heterocycles. The van der Waals surface area contributed by atoms with Gasteiger partial charge < -0.3 is 15.4 Å². The quantitative estimate of drug-likeness (QED) is 0.899. The molecule has 1 aliphatic rings. The van der Waals surface area contributed by atoms with Crippen molar-refractivity contribution in [3.05, 3.63) is 48.0 Å². The number of carbonyl (C=O) groups excluding carboxylic acids is 2. The topological polar surface area (TPSA) is 72.6 Å². The molecule has 0 bridgehead atoms. The molecule has 5 heteroatoms. The molecular formula is C16H16N2O3. The number of benzene rings is 2. The number of carbonyl (C=O) groups is 2. The van der Waals surface area contributed by atoms with E-state index in [0.717, 1.165) is 10.8 Å². The highest BCUT2D eigenvalue weighted by molar-refractivity contribution is 6.00. The Morgan fingerprint density at radius 3 is 2.67 bits per heavy atom. The van der Waals surface area contributed by atoms with Crippen molar-refractivity contribution in [2.75, 3.05) is 19.8 Å². The molecule has 2 aromatic carbocycles. The minimum absolute atomic E-state index is 0.161. The number of nitrogens with two attached hydrogens (primary N) is 1. The van der Waals surface area contributed by atoms with Gasteiger partial charge in [-0.1, -0.05) is 30.3 Å². The zero-order valence-corrected chi connectivity index (χ0v) is 11.5. The highest BCUT2D eigenvalue weighted by Gasteiger charge is 2.31. The average molecular weight is 284 g/mol. The van der Waals surface area contributed by atoms with E-state index in [0.29, 0.717) is 18.7 Å². The number of rotatable bonds is 2. The van der Waals surface area contributed by atoms with Crippen LogP contribution < -0.4 is 5.73 Å². The van der Waals surface area contributed by atoms with Crippen molar-refractivity contribution >= 4 is 22.6 Å². The zero-order valence-electron chi connectivity index (χ0n) is 11.5. The number of hydrogen-bond donors (Lipinski definition) is 1. The summed E-state index contributed by atoms with van der Waals surface area (Å²) in [5.74, 6) is -0.725. The summed E-state index contributed by atoms with van der Waals surface area (Å²) in [6.45, 7) is 0.955. The van der Waals surface area contributed by atoms with Crippen LogP contribution in [0, 0.1) is 0 Å². The Balaban J connectivity index is 1.93. The van der Waals surface area contributed by atoms with E-state index in [2.05, 4.69) is 0 Å². The van der Waals surface area contributed by atoms with E-state index in [9.17, 15) is 9.59 Å². The molecule has 2 aromatic rings. The van der Waals surface area contributed by atoms with Crippen LogP contribution in [0.5, 0.6) is 0 Å². The molecule has 0 spiro atoms. The molecule has 1 fully saturated rings. The monoisotopic (exact) mass is 284 g/mol. The number of primary amides is 1. The molecule has 108 valence electrons. The largest absolute Gasteiger partial charge is 0.377 e. The first-order valence-corrected chi connectivity index (χ1v) is 6.83. The number of nitrogens with zero attached hydrogens (tertiary/aromatic N) is 1. The van der Waals surface area contributed by atoms with Crippen LogP contribution in [0.2, 0.25) is 0 Å². The van der Waals surface area contributed by atoms with Crippen LogP contribution in [0.4, 0.5) is 0 Å². The van der Waals surface area contributed by atoms with Gasteiger partial charge in [0.1, 0.15) is 6.04 Å². The summed E-state index contributed by atoms with van der Waals surface area (Å²) in [6.07, 6.45) is 0. The standard InChI is InChI=1S/C16H16N2O3/c17-15(19)14-10-21-8-7-18(14)16(20)13-6-5-11-3-1-2-4-12(11)9-13/h1-6,9,14H,7-8,10H2,(H2,17,19)/t14-/m1/s1. The van der Waals surface area contributed by atoms with Gasteiger partial charge in [0, 0.05) is 12.1 Å². The number of ether oxygens (including phenoxy) is 1. The van der Waals surface area contributed by atoms with Gasteiger partial charge in [-0.2, -0.15) is 0 Å². The van der Waals surface area contributed by atoms with E-state index in [1.807, 2.05) is 36.4 Å². The third-order valence-electron chi connectivity index (χ3n) is 3.71. The maximum Gasteiger partial charge on any atom is 0.254 e. The Hall–Kier alpha value is -2.40. The maximum absolute atomic E-state index is 12.6. The van der Waals surface area contributed by atoms with Crippen molar-refractivity contribution in [1.82, 2.24) is 4.90 Å². The lowest BCUT2D eigenvalue weighted by Crippen LogP contribution is -2.54. The summed E-state index contributed by atoms with van der Waals surface area (Å²) in [6, 6.07) is 12.7. The lowest BCUT2D eigenvalue weighted by atomic mass is 10.1. The fourth-order valence-corrected chi connectivity index (χ4v) is 2.57. The van der Waals surface area contributed by atoms with Gasteiger partial charge in [-0.15, -0.1) is 0 Å². The lowest BCUT2D eigenvalue weighted by molar-refractivity contribution is -0.127. The number of amides is 2. The number of fused-ring (bicyclic) bond motifs is 1. The Morgan fingerprint density at radius 2 is 1.90 bits per heavy atom. The van der Waals surface area contributed by atoms with E-state index in [-0.39, 0.29) is 12.5 Å². The predicted octanol–water partition coefficient (Wildman–Crippen LogP) is 1.17. The van der Waals surface area contributed by atoms with Gasteiger partial charge >= 0.3 is 0 Å². The molecule has 1 heterocycles. The van der Waals surface area contributed by atoms with E-state index >= 15 is 0 Å². The third-order valence-corrected chi connectivity index (χ3v) is 3.71. The van der Waals surface area contributed by atoms with Crippen LogP contribution in [-0.2, 0) is 9.53 Å². The van der Waals surface area contributed by atoms with Gasteiger partial charge in [0.15, 0.2) is 0 Å². The lowest BCUT2D eigenvalue weighted by Gasteiger charge is -2.33. The van der Waals surface area contributed by atoms with Gasteiger partial charge in [-0.25, -0.2) is 0 Å². The molecule has 2 amide bonds. The number of morpholine rings is 1. The SMILES string of the molecule is NC(=O)[C@H]1COCCN1C(=O)c1ccc2ccccc2c1. The summed E-state index contributed by atoms with van der Waals surface area (Å²) in [5.41, 5.74) is 5.91. The minimum atomic E-state index is -0.697. The molecule has 1 aliphatic heterocycles. The molecular weight excluding hydrogens is 268 g/mol. The second-order valence-corrected chi connectivity index (χ2v) is 5.05. The molecule has 0 aliphatic carbocycles. The Bertz CT molecular complexity index is 699. The van der Waals surface area contributed by atoms with E-state index in [1.165, 1.54) is 4.90 Å². The van der Waals surface area contributed by atoms with Gasteiger partial charge in [-0.05, 0) is 22.9 Å². The Labute approximate surface area is 122 Å². The van der Waals surface area contributed by atoms with Gasteiger partial charge in [-0.3, -0.25) is 9.59 Å². The van der Waals surface area contributed by atoms with Gasteiger partial charge in [0.2, 0.25) is 5.91 Å². The van der Waals surface area contributed by atoms with Crippen molar-refractivity contribution in [1.29, 1.82) is 0 Å². The molecule has 0 aromatic heterocycles. The summed E-state index contributed by atoms with van der Waals surface area (Å²) in [4.78, 5) is 25.6. The van der Waals surface area contributed by atoms with Gasteiger partial charge in [0.05, 0.1) is 13.2 Å². The smallest absolute Gasteiger partial charge is 0.254 e. The summed E-state index contributed by atoms with van der Waals surface area (Å²) >= 11 is 0. The van der Waals surface area contributed by atoms with Crippen LogP contribution in [-0.4, -0.2) is 42.5 Å². The normalized spacial score (nSPS) is 18.7. The summed E-state index contributed by atoms with van der Waals surface area (Å²) in [5, 5.41) is 2.06. The van der Waals surface area contributed by atoms with Crippen molar-refractivity contribution < 1.29 is 14.3 Å². The van der Waals surface area contributed by atoms with Crippen molar-refractivity contribution in [3.8, 4) is 0 Å². The zero-order chi connectivity index (χ0) is 14.8. The molecule has 0 radical (unpaired) electrons. The maximum atomic E-state index is 12.6. The molecule has 0 saturated carbocycles. The molecule has 21 heavy (non-hydrogen) atoms. The average Bonchev–Trinajstić information content (AvgIpc) is 2.53. The highest BCUT2D eigenvalue weighted by atomic mass is 16.5. The van der Waals surface area contributed by atoms with Crippen LogP contribution >= 0.6 is 0 Å². The van der Waals surface area contributed by atoms with E-state index in [4.69, 9.17) is 10.5 Å². The van der Waals surface area contributed by atoms with Crippen LogP contribution in [0.1, 0.15) is 10.4 Å². The molecule has 3 rings (SSSR count). The fraction of sp³-hybridized carbons (Fsp3) is 0.250.